The Bertz CT molecular complexity index is 343. The van der Waals surface area contributed by atoms with Gasteiger partial charge >= 0.3 is 5.97 Å². The number of carbonyl (C=O) groups is 1. The van der Waals surface area contributed by atoms with E-state index in [0.717, 1.165) is 32.3 Å². The normalized spacial score (nSPS) is 29.8. The zero-order valence-corrected chi connectivity index (χ0v) is 13.3. The molecular weight excluding hydrogens is 270 g/mol. The molecule has 0 bridgehead atoms. The Balaban J connectivity index is 1.74. The average molecular weight is 299 g/mol. The Morgan fingerprint density at radius 2 is 2.10 bits per heavy atom. The lowest BCUT2D eigenvalue weighted by Crippen LogP contribution is -2.57. The molecule has 0 saturated heterocycles. The van der Waals surface area contributed by atoms with Gasteiger partial charge in [-0.15, -0.1) is 0 Å². The molecule has 21 heavy (non-hydrogen) atoms. The van der Waals surface area contributed by atoms with Gasteiger partial charge in [-0.2, -0.15) is 0 Å². The maximum atomic E-state index is 11.7. The zero-order valence-electron chi connectivity index (χ0n) is 13.3. The lowest BCUT2D eigenvalue weighted by Gasteiger charge is -2.38. The van der Waals surface area contributed by atoms with Crippen LogP contribution in [-0.4, -0.2) is 48.6 Å². The molecule has 0 aromatic rings. The fourth-order valence-electron chi connectivity index (χ4n) is 2.96. The minimum absolute atomic E-state index is 0.0312. The number of ether oxygens (including phenoxy) is 2. The molecular formula is C16H29NO4. The summed E-state index contributed by atoms with van der Waals surface area (Å²) in [6.07, 6.45) is 5.37. The van der Waals surface area contributed by atoms with E-state index in [4.69, 9.17) is 9.47 Å². The molecule has 5 heteroatoms. The van der Waals surface area contributed by atoms with Crippen molar-refractivity contribution in [3.8, 4) is 0 Å². The maximum absolute atomic E-state index is 11.7. The largest absolute Gasteiger partial charge is 0.480 e. The van der Waals surface area contributed by atoms with Gasteiger partial charge < -0.3 is 14.6 Å². The van der Waals surface area contributed by atoms with Gasteiger partial charge in [0.15, 0.2) is 0 Å². The highest BCUT2D eigenvalue weighted by Gasteiger charge is 2.46. The minimum Gasteiger partial charge on any atom is -0.480 e. The summed E-state index contributed by atoms with van der Waals surface area (Å²) in [6.45, 7) is 6.12. The smallest absolute Gasteiger partial charge is 0.324 e. The first-order valence-corrected chi connectivity index (χ1v) is 8.22. The Morgan fingerprint density at radius 3 is 2.71 bits per heavy atom. The Morgan fingerprint density at radius 1 is 1.33 bits per heavy atom. The molecule has 0 aromatic carbocycles. The molecule has 5 nitrogen and oxygen atoms in total. The number of carboxylic acids is 1. The second kappa shape index (κ2) is 7.56. The van der Waals surface area contributed by atoms with Crippen molar-refractivity contribution >= 4 is 5.97 Å². The van der Waals surface area contributed by atoms with Crippen LogP contribution in [0.25, 0.3) is 0 Å². The van der Waals surface area contributed by atoms with E-state index >= 15 is 0 Å². The minimum atomic E-state index is -0.775. The monoisotopic (exact) mass is 299 g/mol. The van der Waals surface area contributed by atoms with Crippen LogP contribution < -0.4 is 5.32 Å². The number of aliphatic carboxylic acids is 1. The van der Waals surface area contributed by atoms with Crippen molar-refractivity contribution in [2.45, 2.75) is 70.1 Å². The second-order valence-corrected chi connectivity index (χ2v) is 6.86. The van der Waals surface area contributed by atoms with Crippen LogP contribution in [0.1, 0.15) is 52.4 Å². The molecule has 0 aromatic heterocycles. The van der Waals surface area contributed by atoms with E-state index in [2.05, 4.69) is 19.2 Å². The van der Waals surface area contributed by atoms with Gasteiger partial charge in [-0.05, 0) is 38.0 Å². The summed E-state index contributed by atoms with van der Waals surface area (Å²) in [6, 6.07) is 0.397. The molecule has 0 aliphatic heterocycles. The Kier molecular flexibility index (Phi) is 6.02. The average Bonchev–Trinajstić information content (AvgIpc) is 3.22. The highest BCUT2D eigenvalue weighted by molar-refractivity contribution is 5.79. The van der Waals surface area contributed by atoms with Crippen molar-refractivity contribution in [3.63, 3.8) is 0 Å². The first-order valence-electron chi connectivity index (χ1n) is 8.22. The highest BCUT2D eigenvalue weighted by Crippen LogP contribution is 2.34. The summed E-state index contributed by atoms with van der Waals surface area (Å²) < 4.78 is 11.3. The predicted octanol–water partition coefficient (Wildman–Crippen LogP) is 2.19. The summed E-state index contributed by atoms with van der Waals surface area (Å²) in [5, 5.41) is 13.0. The van der Waals surface area contributed by atoms with Gasteiger partial charge in [-0.3, -0.25) is 10.1 Å². The van der Waals surface area contributed by atoms with Crippen molar-refractivity contribution in [2.24, 2.45) is 5.92 Å². The Labute approximate surface area is 127 Å². The number of carboxylic acid groups (broad SMARTS) is 1. The summed E-state index contributed by atoms with van der Waals surface area (Å²) >= 11 is 0. The maximum Gasteiger partial charge on any atom is 0.324 e. The molecule has 0 amide bonds. The van der Waals surface area contributed by atoms with Crippen LogP contribution in [-0.2, 0) is 14.3 Å². The molecule has 2 N–H and O–H groups in total. The van der Waals surface area contributed by atoms with Crippen molar-refractivity contribution in [1.29, 1.82) is 0 Å². The molecule has 2 aliphatic rings. The fraction of sp³-hybridized carbons (Fsp3) is 0.938. The van der Waals surface area contributed by atoms with Crippen LogP contribution in [0, 0.1) is 5.92 Å². The quantitative estimate of drug-likeness (QED) is 0.639. The SMILES string of the molecule is CC(C)COCCOC1CCCC(NC2CC2)(C(=O)O)C1. The number of nitrogens with one attached hydrogen (secondary N) is 1. The van der Waals surface area contributed by atoms with Crippen molar-refractivity contribution in [1.82, 2.24) is 5.32 Å². The van der Waals surface area contributed by atoms with Gasteiger partial charge in [-0.25, -0.2) is 0 Å². The summed E-state index contributed by atoms with van der Waals surface area (Å²) in [4.78, 5) is 11.7. The van der Waals surface area contributed by atoms with E-state index in [0.29, 0.717) is 38.0 Å². The van der Waals surface area contributed by atoms with E-state index < -0.39 is 11.5 Å². The van der Waals surface area contributed by atoms with Gasteiger partial charge in [-0.1, -0.05) is 13.8 Å². The van der Waals surface area contributed by atoms with Crippen molar-refractivity contribution in [2.75, 3.05) is 19.8 Å². The van der Waals surface area contributed by atoms with E-state index in [9.17, 15) is 9.90 Å². The van der Waals surface area contributed by atoms with E-state index in [-0.39, 0.29) is 6.10 Å². The third-order valence-corrected chi connectivity index (χ3v) is 4.21. The second-order valence-electron chi connectivity index (χ2n) is 6.86. The molecule has 0 spiro atoms. The van der Waals surface area contributed by atoms with E-state index in [1.807, 2.05) is 0 Å². The molecule has 2 rings (SSSR count). The van der Waals surface area contributed by atoms with Crippen LogP contribution in [0.15, 0.2) is 0 Å². The van der Waals surface area contributed by atoms with Gasteiger partial charge in [0, 0.05) is 19.1 Å². The van der Waals surface area contributed by atoms with Gasteiger partial charge in [0.25, 0.3) is 0 Å². The van der Waals surface area contributed by atoms with Gasteiger partial charge in [0.1, 0.15) is 5.54 Å². The lowest BCUT2D eigenvalue weighted by molar-refractivity contribution is -0.149. The fourth-order valence-corrected chi connectivity index (χ4v) is 2.96. The van der Waals surface area contributed by atoms with Gasteiger partial charge in [0.05, 0.1) is 19.3 Å². The molecule has 122 valence electrons. The summed E-state index contributed by atoms with van der Waals surface area (Å²) in [7, 11) is 0. The third-order valence-electron chi connectivity index (χ3n) is 4.21. The first kappa shape index (κ1) is 16.7. The molecule has 0 heterocycles. The molecule has 0 radical (unpaired) electrons. The van der Waals surface area contributed by atoms with Gasteiger partial charge in [0.2, 0.25) is 0 Å². The third kappa shape index (κ3) is 5.24. The number of hydrogen-bond donors (Lipinski definition) is 2. The molecule has 2 saturated carbocycles. The van der Waals surface area contributed by atoms with Crippen LogP contribution in [0.2, 0.25) is 0 Å². The zero-order chi connectivity index (χ0) is 15.3. The molecule has 2 fully saturated rings. The summed E-state index contributed by atoms with van der Waals surface area (Å²) in [5.74, 6) is -0.194. The van der Waals surface area contributed by atoms with Crippen LogP contribution in [0.4, 0.5) is 0 Å². The van der Waals surface area contributed by atoms with Crippen molar-refractivity contribution < 1.29 is 19.4 Å². The van der Waals surface area contributed by atoms with Crippen molar-refractivity contribution in [3.05, 3.63) is 0 Å². The number of hydrogen-bond acceptors (Lipinski definition) is 4. The van der Waals surface area contributed by atoms with Crippen LogP contribution in [0.5, 0.6) is 0 Å². The van der Waals surface area contributed by atoms with Crippen LogP contribution >= 0.6 is 0 Å². The topological polar surface area (TPSA) is 67.8 Å². The van der Waals surface area contributed by atoms with E-state index in [1.165, 1.54) is 0 Å². The molecule has 2 aliphatic carbocycles. The molecule has 2 atom stereocenters. The van der Waals surface area contributed by atoms with Crippen LogP contribution in [0.3, 0.4) is 0 Å². The highest BCUT2D eigenvalue weighted by atomic mass is 16.5. The number of rotatable bonds is 9. The standard InChI is InChI=1S/C16H29NO4/c1-12(2)11-20-8-9-21-14-4-3-7-16(10-14,15(18)19)17-13-5-6-13/h12-14,17H,3-11H2,1-2H3,(H,18,19). The summed E-state index contributed by atoms with van der Waals surface area (Å²) in [5.41, 5.74) is -0.775. The molecule has 2 unspecified atom stereocenters. The lowest BCUT2D eigenvalue weighted by atomic mass is 9.80. The Hall–Kier alpha value is -0.650. The predicted molar refractivity (Wildman–Crippen MR) is 80.4 cm³/mol. The van der Waals surface area contributed by atoms with E-state index in [1.54, 1.807) is 0 Å². The first-order chi connectivity index (χ1) is 10.0.